The molecule has 24 heavy (non-hydrogen) atoms. The fourth-order valence-electron chi connectivity index (χ4n) is 1.98. The Morgan fingerprint density at radius 2 is 1.92 bits per heavy atom. The van der Waals surface area contributed by atoms with E-state index in [1.165, 1.54) is 6.20 Å². The maximum atomic E-state index is 12.1. The van der Waals surface area contributed by atoms with E-state index in [9.17, 15) is 9.59 Å². The van der Waals surface area contributed by atoms with Crippen molar-refractivity contribution in [3.63, 3.8) is 0 Å². The number of benzene rings is 1. The third kappa shape index (κ3) is 6.04. The van der Waals surface area contributed by atoms with Gasteiger partial charge in [-0.25, -0.2) is 0 Å². The van der Waals surface area contributed by atoms with Crippen molar-refractivity contribution in [1.82, 2.24) is 4.98 Å². The molecule has 2 rings (SSSR count). The molecule has 2 N–H and O–H groups in total. The van der Waals surface area contributed by atoms with Gasteiger partial charge in [-0.2, -0.15) is 11.8 Å². The molecule has 1 aromatic heterocycles. The number of hydrogen-bond donors (Lipinski definition) is 2. The van der Waals surface area contributed by atoms with Crippen LogP contribution >= 0.6 is 11.8 Å². The maximum Gasteiger partial charge on any atom is 0.257 e. The quantitative estimate of drug-likeness (QED) is 0.715. The van der Waals surface area contributed by atoms with Crippen LogP contribution in [0.1, 0.15) is 30.1 Å². The molecular weight excluding hydrogens is 322 g/mol. The summed E-state index contributed by atoms with van der Waals surface area (Å²) < 4.78 is 0. The number of pyridine rings is 1. The Labute approximate surface area is 146 Å². The lowest BCUT2D eigenvalue weighted by atomic mass is 10.2. The lowest BCUT2D eigenvalue weighted by Crippen LogP contribution is -2.15. The first kappa shape index (κ1) is 18.0. The molecule has 0 saturated heterocycles. The highest BCUT2D eigenvalue weighted by atomic mass is 32.2. The van der Waals surface area contributed by atoms with Crippen LogP contribution in [0.4, 0.5) is 11.4 Å². The molecule has 0 aliphatic rings. The van der Waals surface area contributed by atoms with Gasteiger partial charge in [0, 0.05) is 23.8 Å². The number of nitrogens with one attached hydrogen (secondary N) is 2. The van der Waals surface area contributed by atoms with Crippen molar-refractivity contribution in [3.8, 4) is 0 Å². The number of amides is 2. The lowest BCUT2D eigenvalue weighted by molar-refractivity contribution is -0.113. The summed E-state index contributed by atoms with van der Waals surface area (Å²) in [5.41, 5.74) is 1.78. The number of carbonyl (C=O) groups is 2. The van der Waals surface area contributed by atoms with Crippen LogP contribution in [0.15, 0.2) is 48.8 Å². The molecule has 0 spiro atoms. The van der Waals surface area contributed by atoms with E-state index in [0.29, 0.717) is 22.7 Å². The number of hydrogen-bond acceptors (Lipinski definition) is 4. The highest BCUT2D eigenvalue weighted by molar-refractivity contribution is 7.99. The van der Waals surface area contributed by atoms with Crippen LogP contribution < -0.4 is 10.6 Å². The van der Waals surface area contributed by atoms with Crippen LogP contribution in [0.25, 0.3) is 0 Å². The minimum Gasteiger partial charge on any atom is -0.325 e. The first-order valence-corrected chi connectivity index (χ1v) is 9.03. The van der Waals surface area contributed by atoms with Crippen molar-refractivity contribution < 1.29 is 9.59 Å². The van der Waals surface area contributed by atoms with Crippen LogP contribution in [0.2, 0.25) is 0 Å². The first-order valence-electron chi connectivity index (χ1n) is 7.88. The molecule has 2 amide bonds. The minimum atomic E-state index is -0.235. The Balaban J connectivity index is 1.89. The molecule has 6 heteroatoms. The Morgan fingerprint density at radius 3 is 2.62 bits per heavy atom. The topological polar surface area (TPSA) is 71.1 Å². The number of nitrogens with zero attached hydrogens (tertiary/aromatic N) is 1. The Morgan fingerprint density at radius 1 is 1.12 bits per heavy atom. The third-order valence-corrected chi connectivity index (χ3v) is 4.25. The second-order valence-corrected chi connectivity index (χ2v) is 6.34. The van der Waals surface area contributed by atoms with Crippen LogP contribution in [0.3, 0.4) is 0 Å². The normalized spacial score (nSPS) is 10.2. The average molecular weight is 343 g/mol. The monoisotopic (exact) mass is 343 g/mol. The zero-order valence-electron chi connectivity index (χ0n) is 13.6. The Hall–Kier alpha value is -2.34. The number of aromatic nitrogens is 1. The summed E-state index contributed by atoms with van der Waals surface area (Å²) in [6.07, 6.45) is 5.38. The van der Waals surface area contributed by atoms with Gasteiger partial charge in [0.1, 0.15) is 0 Å². The predicted molar refractivity (Wildman–Crippen MR) is 99.5 cm³/mol. The van der Waals surface area contributed by atoms with Gasteiger partial charge < -0.3 is 10.6 Å². The summed E-state index contributed by atoms with van der Waals surface area (Å²) in [7, 11) is 0. The van der Waals surface area contributed by atoms with E-state index in [1.807, 2.05) is 0 Å². The fraction of sp³-hybridized carbons (Fsp3) is 0.278. The van der Waals surface area contributed by atoms with Crippen molar-refractivity contribution in [3.05, 3.63) is 54.4 Å². The molecule has 0 unspecified atom stereocenters. The molecule has 0 radical (unpaired) electrons. The molecule has 1 heterocycles. The van der Waals surface area contributed by atoms with Crippen LogP contribution in [0, 0.1) is 0 Å². The SMILES string of the molecule is CCCCSCC(=O)Nc1cccc(NC(=O)c2cccnc2)c1. The zero-order chi connectivity index (χ0) is 17.2. The van der Waals surface area contributed by atoms with Crippen molar-refractivity contribution in [2.24, 2.45) is 0 Å². The number of carbonyl (C=O) groups excluding carboxylic acids is 2. The predicted octanol–water partition coefficient (Wildman–Crippen LogP) is 3.81. The zero-order valence-corrected chi connectivity index (χ0v) is 14.4. The summed E-state index contributed by atoms with van der Waals surface area (Å²) in [5.74, 6) is 1.16. The second-order valence-electron chi connectivity index (χ2n) is 5.23. The minimum absolute atomic E-state index is 0.0353. The molecule has 5 nitrogen and oxygen atoms in total. The van der Waals surface area contributed by atoms with E-state index in [-0.39, 0.29) is 11.8 Å². The fourth-order valence-corrected chi connectivity index (χ4v) is 2.88. The summed E-state index contributed by atoms with van der Waals surface area (Å²) in [4.78, 5) is 27.9. The van der Waals surface area contributed by atoms with E-state index in [4.69, 9.17) is 0 Å². The molecule has 2 aromatic rings. The highest BCUT2D eigenvalue weighted by Gasteiger charge is 2.07. The Kier molecular flexibility index (Phi) is 7.29. The Bertz CT molecular complexity index is 677. The van der Waals surface area contributed by atoms with Gasteiger partial charge in [0.25, 0.3) is 5.91 Å². The van der Waals surface area contributed by atoms with Gasteiger partial charge in [-0.1, -0.05) is 19.4 Å². The molecule has 0 atom stereocenters. The van der Waals surface area contributed by atoms with Gasteiger partial charge >= 0.3 is 0 Å². The van der Waals surface area contributed by atoms with E-state index in [0.717, 1.165) is 18.6 Å². The number of rotatable bonds is 8. The van der Waals surface area contributed by atoms with Gasteiger partial charge in [-0.15, -0.1) is 0 Å². The van der Waals surface area contributed by atoms with E-state index in [2.05, 4.69) is 22.5 Å². The van der Waals surface area contributed by atoms with E-state index >= 15 is 0 Å². The highest BCUT2D eigenvalue weighted by Crippen LogP contribution is 2.16. The van der Waals surface area contributed by atoms with Crippen molar-refractivity contribution in [1.29, 1.82) is 0 Å². The van der Waals surface area contributed by atoms with Gasteiger partial charge in [0.15, 0.2) is 0 Å². The summed E-state index contributed by atoms with van der Waals surface area (Å²) in [5, 5.41) is 5.65. The third-order valence-electron chi connectivity index (χ3n) is 3.20. The smallest absolute Gasteiger partial charge is 0.257 e. The summed E-state index contributed by atoms with van der Waals surface area (Å²) in [6.45, 7) is 2.13. The number of unbranched alkanes of at least 4 members (excludes halogenated alkanes) is 1. The molecule has 0 aliphatic heterocycles. The molecule has 0 saturated carbocycles. The number of thioether (sulfide) groups is 1. The van der Waals surface area contributed by atoms with Gasteiger partial charge in [0.2, 0.25) is 5.91 Å². The maximum absolute atomic E-state index is 12.1. The van der Waals surface area contributed by atoms with Crippen molar-refractivity contribution in [2.45, 2.75) is 19.8 Å². The van der Waals surface area contributed by atoms with Gasteiger partial charge in [-0.3, -0.25) is 14.6 Å². The largest absolute Gasteiger partial charge is 0.325 e. The second kappa shape index (κ2) is 9.72. The first-order chi connectivity index (χ1) is 11.7. The van der Waals surface area contributed by atoms with Crippen LogP contribution in [-0.4, -0.2) is 28.3 Å². The summed E-state index contributed by atoms with van der Waals surface area (Å²) in [6, 6.07) is 10.5. The van der Waals surface area contributed by atoms with Crippen molar-refractivity contribution in [2.75, 3.05) is 22.1 Å². The molecule has 1 aromatic carbocycles. The molecule has 126 valence electrons. The average Bonchev–Trinajstić information content (AvgIpc) is 2.60. The summed E-state index contributed by atoms with van der Waals surface area (Å²) >= 11 is 1.63. The number of anilines is 2. The standard InChI is InChI=1S/C18H21N3O2S/c1-2-3-10-24-13-17(22)20-15-7-4-8-16(11-15)21-18(23)14-6-5-9-19-12-14/h4-9,11-12H,2-3,10,13H2,1H3,(H,20,22)(H,21,23). The molecule has 0 bridgehead atoms. The lowest BCUT2D eigenvalue weighted by Gasteiger charge is -2.09. The van der Waals surface area contributed by atoms with Crippen LogP contribution in [0.5, 0.6) is 0 Å². The van der Waals surface area contributed by atoms with Crippen LogP contribution in [-0.2, 0) is 4.79 Å². The van der Waals surface area contributed by atoms with Gasteiger partial charge in [-0.05, 0) is 42.5 Å². The van der Waals surface area contributed by atoms with Gasteiger partial charge in [0.05, 0.1) is 11.3 Å². The van der Waals surface area contributed by atoms with E-state index in [1.54, 1.807) is 54.4 Å². The molecule has 0 fully saturated rings. The molecular formula is C18H21N3O2S. The van der Waals surface area contributed by atoms with E-state index < -0.39 is 0 Å². The molecule has 0 aliphatic carbocycles. The van der Waals surface area contributed by atoms with Crippen molar-refractivity contribution >= 4 is 35.0 Å².